The predicted molar refractivity (Wildman–Crippen MR) is 161 cm³/mol. The molecular weight excluding hydrogens is 512 g/mol. The summed E-state index contributed by atoms with van der Waals surface area (Å²) in [6, 6.07) is 16.1. The Hall–Kier alpha value is -4.04. The number of anilines is 2. The summed E-state index contributed by atoms with van der Waals surface area (Å²) in [4.78, 5) is 27.1. The average Bonchev–Trinajstić information content (AvgIpc) is 3.51. The van der Waals surface area contributed by atoms with Gasteiger partial charge in [0.2, 0.25) is 17.7 Å². The molecule has 210 valence electrons. The molecule has 2 aromatic heterocycles. The van der Waals surface area contributed by atoms with Crippen LogP contribution in [0, 0.1) is 18.3 Å². The van der Waals surface area contributed by atoms with Crippen molar-refractivity contribution in [2.24, 2.45) is 11.3 Å². The van der Waals surface area contributed by atoms with E-state index >= 15 is 0 Å². The maximum atomic E-state index is 13.2. The van der Waals surface area contributed by atoms with Crippen LogP contribution in [0.2, 0.25) is 0 Å². The standard InChI is InChI=1S/C33H36N6O2/c1-21-11-12-23-24(8-4-10-27(23)38-30(40)26-19-33(26)14-2-3-15-33)29(21)41-31-25(9-6-17-35-31)28-13-18-36-32(39-28)37-22-7-5-16-34-20-22/h4,6,8-13,17-18,22,26,34H,2-3,5,7,14-16,19-20H2,1H3,(H,38,40)(H,36,37,39)/t22-,26+/m0/s1. The van der Waals surface area contributed by atoms with Gasteiger partial charge in [-0.15, -0.1) is 0 Å². The second kappa shape index (κ2) is 10.7. The zero-order valence-electron chi connectivity index (χ0n) is 23.5. The Bertz CT molecular complexity index is 1590. The average molecular weight is 549 g/mol. The lowest BCUT2D eigenvalue weighted by molar-refractivity contribution is -0.118. The molecule has 1 aliphatic heterocycles. The molecule has 2 saturated carbocycles. The third-order valence-corrected chi connectivity index (χ3v) is 9.10. The number of amides is 1. The number of carbonyl (C=O) groups excluding carboxylic acids is 1. The molecule has 3 N–H and O–H groups in total. The van der Waals surface area contributed by atoms with Crippen molar-refractivity contribution in [1.82, 2.24) is 20.3 Å². The van der Waals surface area contributed by atoms with E-state index in [-0.39, 0.29) is 17.2 Å². The number of hydrogen-bond donors (Lipinski definition) is 3. The summed E-state index contributed by atoms with van der Waals surface area (Å²) in [6.07, 6.45) is 11.6. The van der Waals surface area contributed by atoms with Gasteiger partial charge in [0.15, 0.2) is 0 Å². The van der Waals surface area contributed by atoms with Crippen LogP contribution in [-0.2, 0) is 4.79 Å². The molecule has 2 atom stereocenters. The highest BCUT2D eigenvalue weighted by atomic mass is 16.5. The Kier molecular flexibility index (Phi) is 6.79. The second-order valence-electron chi connectivity index (χ2n) is 11.8. The van der Waals surface area contributed by atoms with Crippen molar-refractivity contribution in [3.63, 3.8) is 0 Å². The van der Waals surface area contributed by atoms with Gasteiger partial charge in [-0.05, 0) is 80.8 Å². The number of piperidine rings is 1. The van der Waals surface area contributed by atoms with Gasteiger partial charge in [0.25, 0.3) is 0 Å². The van der Waals surface area contributed by atoms with Crippen LogP contribution in [-0.4, -0.2) is 40.0 Å². The maximum absolute atomic E-state index is 13.2. The summed E-state index contributed by atoms with van der Waals surface area (Å²) < 4.78 is 6.58. The van der Waals surface area contributed by atoms with E-state index in [1.54, 1.807) is 12.4 Å². The number of nitrogens with one attached hydrogen (secondary N) is 3. The third-order valence-electron chi connectivity index (χ3n) is 9.10. The van der Waals surface area contributed by atoms with Crippen molar-refractivity contribution in [3.05, 3.63) is 66.5 Å². The minimum Gasteiger partial charge on any atom is -0.437 e. The molecule has 3 heterocycles. The van der Waals surface area contributed by atoms with E-state index in [1.807, 2.05) is 49.4 Å². The number of rotatable bonds is 7. The minimum absolute atomic E-state index is 0.138. The van der Waals surface area contributed by atoms with Crippen molar-refractivity contribution >= 4 is 28.3 Å². The van der Waals surface area contributed by atoms with Crippen LogP contribution >= 0.6 is 0 Å². The molecule has 1 spiro atoms. The fourth-order valence-electron chi connectivity index (χ4n) is 6.75. The summed E-state index contributed by atoms with van der Waals surface area (Å²) in [5, 5.41) is 12.0. The Labute approximate surface area is 240 Å². The highest BCUT2D eigenvalue weighted by Gasteiger charge is 2.58. The summed E-state index contributed by atoms with van der Waals surface area (Å²) >= 11 is 0. The second-order valence-corrected chi connectivity index (χ2v) is 11.8. The molecule has 4 aromatic rings. The van der Waals surface area contributed by atoms with E-state index in [2.05, 4.69) is 32.0 Å². The van der Waals surface area contributed by atoms with Crippen molar-refractivity contribution < 1.29 is 9.53 Å². The molecule has 3 aliphatic rings. The molecule has 0 radical (unpaired) electrons. The predicted octanol–water partition coefficient (Wildman–Crippen LogP) is 6.48. The van der Waals surface area contributed by atoms with Crippen LogP contribution < -0.4 is 20.7 Å². The minimum atomic E-state index is 0.138. The number of nitrogens with zero attached hydrogens (tertiary/aromatic N) is 3. The lowest BCUT2D eigenvalue weighted by Crippen LogP contribution is -2.38. The van der Waals surface area contributed by atoms with Crippen LogP contribution in [0.5, 0.6) is 11.6 Å². The number of benzene rings is 2. The van der Waals surface area contributed by atoms with Crippen LogP contribution in [0.4, 0.5) is 11.6 Å². The highest BCUT2D eigenvalue weighted by Crippen LogP contribution is 2.63. The summed E-state index contributed by atoms with van der Waals surface area (Å²) in [5.74, 6) is 2.08. The normalized spacial score (nSPS) is 21.1. The summed E-state index contributed by atoms with van der Waals surface area (Å²) in [5.41, 5.74) is 3.60. The van der Waals surface area contributed by atoms with Gasteiger partial charge in [0.05, 0.1) is 11.3 Å². The van der Waals surface area contributed by atoms with Crippen molar-refractivity contribution in [1.29, 1.82) is 0 Å². The van der Waals surface area contributed by atoms with Gasteiger partial charge in [-0.1, -0.05) is 37.1 Å². The van der Waals surface area contributed by atoms with Crippen LogP contribution in [0.15, 0.2) is 60.9 Å². The number of hydrogen-bond acceptors (Lipinski definition) is 7. The molecule has 3 fully saturated rings. The van der Waals surface area contributed by atoms with E-state index in [0.717, 1.165) is 71.4 Å². The Morgan fingerprint density at radius 2 is 1.90 bits per heavy atom. The number of aromatic nitrogens is 3. The first-order valence-electron chi connectivity index (χ1n) is 14.9. The molecule has 2 aromatic carbocycles. The SMILES string of the molecule is Cc1ccc2c(NC(=O)[C@H]3CC34CCCC4)cccc2c1Oc1ncccc1-c1ccnc(N[C@H]2CCCNC2)n1. The first-order chi connectivity index (χ1) is 20.1. The lowest BCUT2D eigenvalue weighted by Gasteiger charge is -2.23. The highest BCUT2D eigenvalue weighted by molar-refractivity contribution is 6.05. The van der Waals surface area contributed by atoms with E-state index in [4.69, 9.17) is 9.72 Å². The number of fused-ring (bicyclic) bond motifs is 1. The van der Waals surface area contributed by atoms with E-state index < -0.39 is 0 Å². The Morgan fingerprint density at radius 3 is 2.76 bits per heavy atom. The van der Waals surface area contributed by atoms with E-state index in [9.17, 15) is 4.79 Å². The first kappa shape index (κ1) is 25.9. The molecule has 41 heavy (non-hydrogen) atoms. The van der Waals surface area contributed by atoms with Gasteiger partial charge in [0, 0.05) is 47.4 Å². The first-order valence-corrected chi connectivity index (χ1v) is 14.9. The zero-order valence-corrected chi connectivity index (χ0v) is 23.5. The van der Waals surface area contributed by atoms with Crippen molar-refractivity contribution in [2.45, 2.75) is 57.9 Å². The molecule has 0 unspecified atom stereocenters. The molecule has 8 heteroatoms. The fourth-order valence-corrected chi connectivity index (χ4v) is 6.75. The largest absolute Gasteiger partial charge is 0.437 e. The van der Waals surface area contributed by atoms with Gasteiger partial charge in [0.1, 0.15) is 5.75 Å². The third kappa shape index (κ3) is 5.12. The van der Waals surface area contributed by atoms with E-state index in [0.29, 0.717) is 17.9 Å². The molecular formula is C33H36N6O2. The quantitative estimate of drug-likeness (QED) is 0.243. The number of aryl methyl sites for hydroxylation is 1. The van der Waals surface area contributed by atoms with Crippen LogP contribution in [0.1, 0.15) is 50.5 Å². The van der Waals surface area contributed by atoms with Crippen LogP contribution in [0.25, 0.3) is 22.0 Å². The van der Waals surface area contributed by atoms with Gasteiger partial charge < -0.3 is 20.7 Å². The molecule has 1 amide bonds. The topological polar surface area (TPSA) is 101 Å². The number of carbonyl (C=O) groups is 1. The Morgan fingerprint density at radius 1 is 1.00 bits per heavy atom. The number of pyridine rings is 1. The van der Waals surface area contributed by atoms with E-state index in [1.165, 1.54) is 25.7 Å². The smallest absolute Gasteiger partial charge is 0.228 e. The zero-order chi connectivity index (χ0) is 27.8. The monoisotopic (exact) mass is 548 g/mol. The van der Waals surface area contributed by atoms with Crippen molar-refractivity contribution in [2.75, 3.05) is 23.7 Å². The van der Waals surface area contributed by atoms with Gasteiger partial charge in [-0.25, -0.2) is 15.0 Å². The lowest BCUT2D eigenvalue weighted by atomic mass is 10.0. The molecule has 1 saturated heterocycles. The van der Waals surface area contributed by atoms with Crippen LogP contribution in [0.3, 0.4) is 0 Å². The van der Waals surface area contributed by atoms with Gasteiger partial charge >= 0.3 is 0 Å². The van der Waals surface area contributed by atoms with Gasteiger partial charge in [-0.2, -0.15) is 0 Å². The summed E-state index contributed by atoms with van der Waals surface area (Å²) in [7, 11) is 0. The molecule has 0 bridgehead atoms. The maximum Gasteiger partial charge on any atom is 0.228 e. The Balaban J connectivity index is 1.17. The number of ether oxygens (including phenoxy) is 1. The molecule has 7 rings (SSSR count). The summed E-state index contributed by atoms with van der Waals surface area (Å²) in [6.45, 7) is 3.99. The van der Waals surface area contributed by atoms with Gasteiger partial charge in [-0.3, -0.25) is 4.79 Å². The van der Waals surface area contributed by atoms with Crippen molar-refractivity contribution in [3.8, 4) is 22.9 Å². The molecule has 8 nitrogen and oxygen atoms in total. The molecule has 2 aliphatic carbocycles. The fraction of sp³-hybridized carbons (Fsp3) is 0.394.